The predicted molar refractivity (Wildman–Crippen MR) is 95.0 cm³/mol. The molecule has 112 valence electrons. The van der Waals surface area contributed by atoms with Crippen molar-refractivity contribution in [1.82, 2.24) is 4.90 Å². The molecular formula is C16H36IN. The van der Waals surface area contributed by atoms with E-state index >= 15 is 0 Å². The molecule has 0 heterocycles. The van der Waals surface area contributed by atoms with E-state index in [1.807, 2.05) is 0 Å². The van der Waals surface area contributed by atoms with E-state index in [2.05, 4.69) is 39.5 Å². The molecule has 0 N–H and O–H groups in total. The van der Waals surface area contributed by atoms with Gasteiger partial charge in [0.15, 0.2) is 0 Å². The molecule has 0 aromatic rings. The Morgan fingerprint density at radius 2 is 1.06 bits per heavy atom. The van der Waals surface area contributed by atoms with Gasteiger partial charge < -0.3 is 0 Å². The third kappa shape index (κ3) is 11.8. The van der Waals surface area contributed by atoms with E-state index < -0.39 is 0 Å². The number of rotatable bonds is 11. The van der Waals surface area contributed by atoms with Crippen LogP contribution in [-0.2, 0) is 0 Å². The van der Waals surface area contributed by atoms with Crippen LogP contribution >= 0.6 is 24.0 Å². The molecule has 0 rings (SSSR count). The SMILES string of the molecule is CCCCCCCCCCN(C(C)C)C(C)C.I. The Balaban J connectivity index is 0. The van der Waals surface area contributed by atoms with Gasteiger partial charge in [-0.25, -0.2) is 0 Å². The molecule has 0 bridgehead atoms. The normalized spacial score (nSPS) is 11.3. The standard InChI is InChI=1S/C16H35N.HI/c1-6-7-8-9-10-11-12-13-14-17(15(2)3)16(4)5;/h15-16H,6-14H2,1-5H3;1H. The van der Waals surface area contributed by atoms with Crippen molar-refractivity contribution in [2.75, 3.05) is 6.54 Å². The molecule has 0 saturated carbocycles. The van der Waals surface area contributed by atoms with E-state index in [4.69, 9.17) is 0 Å². The van der Waals surface area contributed by atoms with Crippen LogP contribution in [0.2, 0.25) is 0 Å². The first-order valence-electron chi connectivity index (χ1n) is 7.85. The molecule has 2 heteroatoms. The second-order valence-corrected chi connectivity index (χ2v) is 5.90. The molecule has 0 aliphatic heterocycles. The lowest BCUT2D eigenvalue weighted by molar-refractivity contribution is 0.171. The molecule has 0 radical (unpaired) electrons. The summed E-state index contributed by atoms with van der Waals surface area (Å²) in [4.78, 5) is 2.61. The minimum absolute atomic E-state index is 0. The maximum Gasteiger partial charge on any atom is 0.00412 e. The zero-order valence-corrected chi connectivity index (χ0v) is 15.7. The molecule has 0 fully saturated rings. The first kappa shape index (κ1) is 21.0. The van der Waals surface area contributed by atoms with E-state index in [-0.39, 0.29) is 24.0 Å². The number of unbranched alkanes of at least 4 members (excludes halogenated alkanes) is 7. The van der Waals surface area contributed by atoms with E-state index in [0.29, 0.717) is 12.1 Å². The highest BCUT2D eigenvalue weighted by Gasteiger charge is 2.11. The van der Waals surface area contributed by atoms with Gasteiger partial charge in [0, 0.05) is 12.1 Å². The summed E-state index contributed by atoms with van der Waals surface area (Å²) in [5, 5.41) is 0. The highest BCUT2D eigenvalue weighted by molar-refractivity contribution is 14.0. The van der Waals surface area contributed by atoms with E-state index in [9.17, 15) is 0 Å². The molecule has 0 spiro atoms. The van der Waals surface area contributed by atoms with Crippen molar-refractivity contribution in [2.24, 2.45) is 0 Å². The molecule has 0 amide bonds. The third-order valence-corrected chi connectivity index (χ3v) is 3.60. The van der Waals surface area contributed by atoms with E-state index in [1.165, 1.54) is 57.9 Å². The molecule has 0 unspecified atom stereocenters. The van der Waals surface area contributed by atoms with Crippen molar-refractivity contribution in [3.63, 3.8) is 0 Å². The second kappa shape index (κ2) is 14.1. The molecule has 0 atom stereocenters. The number of halogens is 1. The quantitative estimate of drug-likeness (QED) is 0.325. The van der Waals surface area contributed by atoms with Crippen LogP contribution in [0.25, 0.3) is 0 Å². The van der Waals surface area contributed by atoms with Gasteiger partial charge in [0.1, 0.15) is 0 Å². The van der Waals surface area contributed by atoms with Gasteiger partial charge >= 0.3 is 0 Å². The van der Waals surface area contributed by atoms with E-state index in [1.54, 1.807) is 0 Å². The minimum atomic E-state index is 0. The van der Waals surface area contributed by atoms with Crippen LogP contribution < -0.4 is 0 Å². The van der Waals surface area contributed by atoms with Crippen molar-refractivity contribution in [1.29, 1.82) is 0 Å². The van der Waals surface area contributed by atoms with Crippen LogP contribution in [0.1, 0.15) is 86.0 Å². The summed E-state index contributed by atoms with van der Waals surface area (Å²) in [6.07, 6.45) is 11.4. The van der Waals surface area contributed by atoms with Crippen LogP contribution in [0.5, 0.6) is 0 Å². The average molecular weight is 369 g/mol. The van der Waals surface area contributed by atoms with Crippen molar-refractivity contribution in [2.45, 2.75) is 98.1 Å². The molecule has 0 aliphatic rings. The smallest absolute Gasteiger partial charge is 0.00412 e. The maximum atomic E-state index is 2.61. The molecule has 0 saturated heterocycles. The molecule has 0 aromatic heterocycles. The molecule has 0 aliphatic carbocycles. The Kier molecular flexibility index (Phi) is 16.5. The lowest BCUT2D eigenvalue weighted by atomic mass is 10.1. The summed E-state index contributed by atoms with van der Waals surface area (Å²) >= 11 is 0. The monoisotopic (exact) mass is 369 g/mol. The molecule has 18 heavy (non-hydrogen) atoms. The lowest BCUT2D eigenvalue weighted by Crippen LogP contribution is -2.37. The Bertz CT molecular complexity index is 149. The van der Waals surface area contributed by atoms with Crippen molar-refractivity contribution in [3.8, 4) is 0 Å². The highest BCUT2D eigenvalue weighted by atomic mass is 127. The zero-order chi connectivity index (χ0) is 13.1. The maximum absolute atomic E-state index is 2.61. The van der Waals surface area contributed by atoms with Crippen LogP contribution in [-0.4, -0.2) is 23.5 Å². The van der Waals surface area contributed by atoms with Gasteiger partial charge in [-0.05, 0) is 40.7 Å². The van der Waals surface area contributed by atoms with Gasteiger partial charge in [-0.1, -0.05) is 51.9 Å². The van der Waals surface area contributed by atoms with Gasteiger partial charge in [-0.15, -0.1) is 24.0 Å². The largest absolute Gasteiger partial charge is 0.299 e. The van der Waals surface area contributed by atoms with Crippen molar-refractivity contribution >= 4 is 24.0 Å². The predicted octanol–water partition coefficient (Wildman–Crippen LogP) is 5.86. The first-order chi connectivity index (χ1) is 8.09. The molecular weight excluding hydrogens is 333 g/mol. The summed E-state index contributed by atoms with van der Waals surface area (Å²) in [7, 11) is 0. The molecule has 1 nitrogen and oxygen atoms in total. The average Bonchev–Trinajstić information content (AvgIpc) is 2.26. The van der Waals surface area contributed by atoms with E-state index in [0.717, 1.165) is 0 Å². The second-order valence-electron chi connectivity index (χ2n) is 5.90. The van der Waals surface area contributed by atoms with Crippen molar-refractivity contribution < 1.29 is 0 Å². The van der Waals surface area contributed by atoms with Crippen LogP contribution in [0, 0.1) is 0 Å². The minimum Gasteiger partial charge on any atom is -0.299 e. The van der Waals surface area contributed by atoms with Crippen LogP contribution in [0.15, 0.2) is 0 Å². The first-order valence-corrected chi connectivity index (χ1v) is 7.85. The molecule has 0 aromatic carbocycles. The zero-order valence-electron chi connectivity index (χ0n) is 13.4. The third-order valence-electron chi connectivity index (χ3n) is 3.60. The Morgan fingerprint density at radius 1 is 0.667 bits per heavy atom. The highest BCUT2D eigenvalue weighted by Crippen LogP contribution is 2.11. The Morgan fingerprint density at radius 3 is 1.44 bits per heavy atom. The fraction of sp³-hybridized carbons (Fsp3) is 1.00. The fourth-order valence-electron chi connectivity index (χ4n) is 2.54. The summed E-state index contributed by atoms with van der Waals surface area (Å²) in [5.41, 5.74) is 0. The van der Waals surface area contributed by atoms with Crippen LogP contribution in [0.4, 0.5) is 0 Å². The van der Waals surface area contributed by atoms with Crippen molar-refractivity contribution in [3.05, 3.63) is 0 Å². The van der Waals surface area contributed by atoms with Crippen LogP contribution in [0.3, 0.4) is 0 Å². The van der Waals surface area contributed by atoms with Gasteiger partial charge in [-0.2, -0.15) is 0 Å². The summed E-state index contributed by atoms with van der Waals surface area (Å²) in [5.74, 6) is 0. The Labute approximate surface area is 133 Å². The van der Waals surface area contributed by atoms with Gasteiger partial charge in [0.05, 0.1) is 0 Å². The van der Waals surface area contributed by atoms with Gasteiger partial charge in [0.25, 0.3) is 0 Å². The Hall–Kier alpha value is 0.690. The topological polar surface area (TPSA) is 3.24 Å². The number of hydrogen-bond donors (Lipinski definition) is 0. The number of hydrogen-bond acceptors (Lipinski definition) is 1. The fourth-order valence-corrected chi connectivity index (χ4v) is 2.54. The lowest BCUT2D eigenvalue weighted by Gasteiger charge is -2.30. The summed E-state index contributed by atoms with van der Waals surface area (Å²) < 4.78 is 0. The number of nitrogens with zero attached hydrogens (tertiary/aromatic N) is 1. The van der Waals surface area contributed by atoms with Gasteiger partial charge in [-0.3, -0.25) is 4.90 Å². The summed E-state index contributed by atoms with van der Waals surface area (Å²) in [6.45, 7) is 12.8. The van der Waals surface area contributed by atoms with Gasteiger partial charge in [0.2, 0.25) is 0 Å². The summed E-state index contributed by atoms with van der Waals surface area (Å²) in [6, 6.07) is 1.39.